The minimum absolute atomic E-state index is 0.0973. The van der Waals surface area contributed by atoms with E-state index in [-0.39, 0.29) is 34.8 Å². The van der Waals surface area contributed by atoms with Crippen molar-refractivity contribution in [3.8, 4) is 11.5 Å². The van der Waals surface area contributed by atoms with Crippen LogP contribution in [0.1, 0.15) is 49.3 Å². The van der Waals surface area contributed by atoms with Gasteiger partial charge in [0, 0.05) is 19.3 Å². The standard InChI is InChI=1S/C35H23F30NO3/c36-22(37,24(40,41)26(44,45)28(48,49)30(52,53)32(56,57)34(60,61)62)11-1-13-67-18-7-3-16(4-8-18)20-15-21(69-66-20)17-5-9-19(10-6-17)68-14-2-12-23(38,39)25(42,43)27(46,47)29(50,51)31(54,55)33(58,59)35(63,64)65/h3-10,21H,1-2,11-15H2. The predicted octanol–water partition coefficient (Wildman–Crippen LogP) is 14.6. The van der Waals surface area contributed by atoms with Crippen molar-refractivity contribution < 1.29 is 146 Å². The zero-order valence-electron chi connectivity index (χ0n) is 32.7. The molecule has 0 bridgehead atoms. The molecule has 1 atom stereocenters. The lowest BCUT2D eigenvalue weighted by Crippen LogP contribution is -2.72. The number of rotatable bonds is 22. The summed E-state index contributed by atoms with van der Waals surface area (Å²) in [5.74, 6) is -95.2. The summed E-state index contributed by atoms with van der Waals surface area (Å²) in [5.41, 5.74) is 0.563. The first-order valence-electron chi connectivity index (χ1n) is 17.9. The number of hydrogen-bond donors (Lipinski definition) is 0. The Morgan fingerprint density at radius 1 is 0.391 bits per heavy atom. The molecule has 2 aromatic carbocycles. The van der Waals surface area contributed by atoms with Crippen LogP contribution in [-0.4, -0.2) is 102 Å². The molecule has 4 nitrogen and oxygen atoms in total. The lowest BCUT2D eigenvalue weighted by atomic mass is 9.90. The van der Waals surface area contributed by atoms with Gasteiger partial charge >= 0.3 is 83.4 Å². The van der Waals surface area contributed by atoms with E-state index >= 15 is 0 Å². The zero-order chi connectivity index (χ0) is 53.9. The van der Waals surface area contributed by atoms with Gasteiger partial charge in [-0.3, -0.25) is 0 Å². The molecule has 0 saturated carbocycles. The van der Waals surface area contributed by atoms with Crippen molar-refractivity contribution in [2.45, 2.75) is 122 Å². The number of ether oxygens (including phenoxy) is 2. The van der Waals surface area contributed by atoms with Gasteiger partial charge in [-0.05, 0) is 60.4 Å². The van der Waals surface area contributed by atoms with E-state index in [1.54, 1.807) is 0 Å². The second kappa shape index (κ2) is 18.2. The van der Waals surface area contributed by atoms with Crippen LogP contribution < -0.4 is 9.47 Å². The van der Waals surface area contributed by atoms with Gasteiger partial charge in [0.1, 0.15) is 11.5 Å². The lowest BCUT2D eigenvalue weighted by molar-refractivity contribution is -0.452. The van der Waals surface area contributed by atoms with Crippen LogP contribution in [0.3, 0.4) is 0 Å². The van der Waals surface area contributed by atoms with Gasteiger partial charge in [-0.25, -0.2) is 0 Å². The van der Waals surface area contributed by atoms with Crippen LogP contribution in [0.4, 0.5) is 132 Å². The van der Waals surface area contributed by atoms with Crippen molar-refractivity contribution >= 4 is 5.71 Å². The Balaban J connectivity index is 1.55. The molecule has 0 N–H and O–H groups in total. The van der Waals surface area contributed by atoms with E-state index < -0.39 is 128 Å². The molecule has 2 aromatic rings. The summed E-state index contributed by atoms with van der Waals surface area (Å²) in [6.45, 7) is -2.31. The summed E-state index contributed by atoms with van der Waals surface area (Å²) in [7, 11) is 0. The molecular formula is C35H23F30NO3. The number of halogens is 30. The molecule has 34 heteroatoms. The first kappa shape index (κ1) is 58.7. The second-order valence-electron chi connectivity index (χ2n) is 14.5. The van der Waals surface area contributed by atoms with E-state index in [0.717, 1.165) is 24.3 Å². The van der Waals surface area contributed by atoms with Crippen LogP contribution in [0.25, 0.3) is 0 Å². The molecule has 0 fully saturated rings. The van der Waals surface area contributed by atoms with Crippen molar-refractivity contribution in [2.24, 2.45) is 5.16 Å². The fourth-order valence-electron chi connectivity index (χ4n) is 5.53. The fraction of sp³-hybridized carbons (Fsp3) is 0.629. The predicted molar refractivity (Wildman–Crippen MR) is 169 cm³/mol. The summed E-state index contributed by atoms with van der Waals surface area (Å²) in [4.78, 5) is 5.23. The summed E-state index contributed by atoms with van der Waals surface area (Å²) in [5, 5.41) is 3.76. The number of oxime groups is 1. The van der Waals surface area contributed by atoms with Crippen molar-refractivity contribution in [2.75, 3.05) is 13.2 Å². The van der Waals surface area contributed by atoms with Gasteiger partial charge in [0.15, 0.2) is 6.10 Å². The minimum Gasteiger partial charge on any atom is -0.494 e. The Morgan fingerprint density at radius 3 is 1.00 bits per heavy atom. The molecule has 69 heavy (non-hydrogen) atoms. The fourth-order valence-corrected chi connectivity index (χ4v) is 5.53. The number of hydrogen-bond acceptors (Lipinski definition) is 4. The molecule has 1 aliphatic rings. The number of benzene rings is 2. The van der Waals surface area contributed by atoms with Crippen molar-refractivity contribution in [1.29, 1.82) is 0 Å². The zero-order valence-corrected chi connectivity index (χ0v) is 32.7. The molecule has 0 radical (unpaired) electrons. The molecular weight excluding hydrogens is 1050 g/mol. The lowest BCUT2D eigenvalue weighted by Gasteiger charge is -2.41. The van der Waals surface area contributed by atoms with Gasteiger partial charge in [-0.1, -0.05) is 17.3 Å². The second-order valence-corrected chi connectivity index (χ2v) is 14.5. The molecule has 1 heterocycles. The van der Waals surface area contributed by atoms with Crippen molar-refractivity contribution in [3.05, 3.63) is 59.7 Å². The van der Waals surface area contributed by atoms with Gasteiger partial charge < -0.3 is 14.3 Å². The molecule has 1 aliphatic heterocycles. The molecule has 0 aliphatic carbocycles. The maximum absolute atomic E-state index is 14.1. The third-order valence-electron chi connectivity index (χ3n) is 9.70. The van der Waals surface area contributed by atoms with Gasteiger partial charge in [0.2, 0.25) is 0 Å². The topological polar surface area (TPSA) is 40.0 Å². The third-order valence-corrected chi connectivity index (χ3v) is 9.70. The molecule has 1 unspecified atom stereocenters. The Labute approximate surface area is 363 Å². The van der Waals surface area contributed by atoms with E-state index in [4.69, 9.17) is 14.3 Å². The molecule has 0 spiro atoms. The highest BCUT2D eigenvalue weighted by atomic mass is 19.4. The quantitative estimate of drug-likeness (QED) is 0.0871. The SMILES string of the molecule is FC(F)(F)C(F)(F)C(F)(F)C(F)(F)C(F)(F)C(F)(F)C(F)(F)CCCOc1ccc(C2=NOC(c3ccc(OCCCC(F)(F)C(F)(F)C(F)(F)C(F)(F)C(F)(F)C(F)(F)C(F)(F)F)cc3)C2)cc1. The average molecular weight is 1080 g/mol. The smallest absolute Gasteiger partial charge is 0.460 e. The molecule has 0 saturated heterocycles. The summed E-state index contributed by atoms with van der Waals surface area (Å²) in [6, 6.07) is 8.83. The third kappa shape index (κ3) is 9.77. The summed E-state index contributed by atoms with van der Waals surface area (Å²) in [6.07, 6.45) is -24.8. The largest absolute Gasteiger partial charge is 0.494 e. The molecule has 0 amide bonds. The number of alkyl halides is 30. The molecule has 396 valence electrons. The van der Waals surface area contributed by atoms with Gasteiger partial charge in [0.25, 0.3) is 0 Å². The maximum atomic E-state index is 14.1. The average Bonchev–Trinajstić information content (AvgIpc) is 3.70. The van der Waals surface area contributed by atoms with Crippen LogP contribution in [-0.2, 0) is 4.84 Å². The van der Waals surface area contributed by atoms with E-state index in [9.17, 15) is 132 Å². The van der Waals surface area contributed by atoms with Crippen molar-refractivity contribution in [1.82, 2.24) is 0 Å². The van der Waals surface area contributed by atoms with Crippen molar-refractivity contribution in [3.63, 3.8) is 0 Å². The van der Waals surface area contributed by atoms with Crippen LogP contribution in [0.5, 0.6) is 11.5 Å². The van der Waals surface area contributed by atoms with Gasteiger partial charge in [0.05, 0.1) is 18.9 Å². The highest BCUT2D eigenvalue weighted by Crippen LogP contribution is 2.64. The van der Waals surface area contributed by atoms with E-state index in [2.05, 4.69) is 5.16 Å². The molecule has 0 aromatic heterocycles. The minimum atomic E-state index is -8.43. The van der Waals surface area contributed by atoms with E-state index in [0.29, 0.717) is 0 Å². The maximum Gasteiger partial charge on any atom is 0.460 e. The van der Waals surface area contributed by atoms with Crippen LogP contribution in [0.2, 0.25) is 0 Å². The first-order chi connectivity index (χ1) is 30.6. The van der Waals surface area contributed by atoms with E-state index in [1.165, 1.54) is 24.3 Å². The number of nitrogens with zero attached hydrogens (tertiary/aromatic N) is 1. The molecule has 3 rings (SSSR count). The van der Waals surface area contributed by atoms with E-state index in [1.807, 2.05) is 0 Å². The van der Waals surface area contributed by atoms with Crippen LogP contribution >= 0.6 is 0 Å². The van der Waals surface area contributed by atoms with Crippen LogP contribution in [0, 0.1) is 0 Å². The Hall–Kier alpha value is -4.59. The Morgan fingerprint density at radius 2 is 0.681 bits per heavy atom. The Bertz CT molecular complexity index is 2090. The summed E-state index contributed by atoms with van der Waals surface area (Å²) < 4.78 is 411. The Kier molecular flexibility index (Phi) is 15.5. The monoisotopic (exact) mass is 1080 g/mol. The van der Waals surface area contributed by atoms with Crippen LogP contribution in [0.15, 0.2) is 53.7 Å². The summed E-state index contributed by atoms with van der Waals surface area (Å²) >= 11 is 0. The van der Waals surface area contributed by atoms with Gasteiger partial charge in [-0.15, -0.1) is 0 Å². The first-order valence-corrected chi connectivity index (χ1v) is 17.9. The highest BCUT2D eigenvalue weighted by molar-refractivity contribution is 6.01. The van der Waals surface area contributed by atoms with Gasteiger partial charge in [-0.2, -0.15) is 132 Å². The normalized spacial score (nSPS) is 17.2. The highest BCUT2D eigenvalue weighted by Gasteiger charge is 2.94.